The van der Waals surface area contributed by atoms with Gasteiger partial charge in [0.05, 0.1) is 18.9 Å². The van der Waals surface area contributed by atoms with Crippen LogP contribution in [0.3, 0.4) is 0 Å². The van der Waals surface area contributed by atoms with E-state index in [1.54, 1.807) is 0 Å². The molecule has 88 valence electrons. The van der Waals surface area contributed by atoms with Gasteiger partial charge >= 0.3 is 0 Å². The van der Waals surface area contributed by atoms with Crippen LogP contribution in [0.4, 0.5) is 0 Å². The van der Waals surface area contributed by atoms with E-state index in [9.17, 15) is 0 Å². The minimum absolute atomic E-state index is 0.614. The molecular weight excluding hydrogens is 202 g/mol. The van der Waals surface area contributed by atoms with Gasteiger partial charge in [-0.15, -0.1) is 0 Å². The lowest BCUT2D eigenvalue weighted by molar-refractivity contribution is 0.109. The number of aromatic nitrogens is 2. The average molecular weight is 221 g/mol. The Hall–Kier alpha value is -0.870. The lowest BCUT2D eigenvalue weighted by Gasteiger charge is -2.23. The van der Waals surface area contributed by atoms with E-state index in [0.717, 1.165) is 32.6 Å². The molecule has 0 amide bonds. The number of fused-ring (bicyclic) bond motifs is 1. The van der Waals surface area contributed by atoms with Crippen LogP contribution >= 0.6 is 0 Å². The summed E-state index contributed by atoms with van der Waals surface area (Å²) in [7, 11) is 0. The number of H-pyrrole nitrogens is 1. The maximum Gasteiger partial charge on any atom is 0.0753 e. The first kappa shape index (κ1) is 10.3. The second-order valence-electron chi connectivity index (χ2n) is 4.78. The first-order valence-corrected chi connectivity index (χ1v) is 6.29. The fourth-order valence-electron chi connectivity index (χ4n) is 2.67. The normalized spacial score (nSPS) is 25.4. The van der Waals surface area contributed by atoms with Gasteiger partial charge in [0, 0.05) is 30.1 Å². The van der Waals surface area contributed by atoms with Gasteiger partial charge in [-0.3, -0.25) is 5.10 Å². The summed E-state index contributed by atoms with van der Waals surface area (Å²) in [4.78, 5) is 0. The van der Waals surface area contributed by atoms with E-state index in [-0.39, 0.29) is 0 Å². The highest BCUT2D eigenvalue weighted by molar-refractivity contribution is 5.27. The molecule has 0 spiro atoms. The number of aromatic amines is 1. The van der Waals surface area contributed by atoms with Crippen molar-refractivity contribution < 1.29 is 4.74 Å². The highest BCUT2D eigenvalue weighted by atomic mass is 16.5. The SMILES string of the molecule is C1CCC(Cc2n[nH]c3c2COCC3)NC1. The van der Waals surface area contributed by atoms with Gasteiger partial charge in [-0.1, -0.05) is 6.42 Å². The maximum atomic E-state index is 5.50. The Morgan fingerprint density at radius 2 is 2.38 bits per heavy atom. The van der Waals surface area contributed by atoms with E-state index in [1.807, 2.05) is 0 Å². The summed E-state index contributed by atoms with van der Waals surface area (Å²) in [6.07, 6.45) is 5.98. The van der Waals surface area contributed by atoms with Crippen LogP contribution in [-0.4, -0.2) is 29.4 Å². The molecule has 1 saturated heterocycles. The zero-order valence-corrected chi connectivity index (χ0v) is 9.59. The number of hydrogen-bond donors (Lipinski definition) is 2. The van der Waals surface area contributed by atoms with Gasteiger partial charge in [0.15, 0.2) is 0 Å². The highest BCUT2D eigenvalue weighted by Crippen LogP contribution is 2.21. The summed E-state index contributed by atoms with van der Waals surface area (Å²) in [5, 5.41) is 11.2. The van der Waals surface area contributed by atoms with Crippen molar-refractivity contribution in [2.75, 3.05) is 13.2 Å². The third-order valence-corrected chi connectivity index (χ3v) is 3.63. The van der Waals surface area contributed by atoms with Gasteiger partial charge in [-0.05, 0) is 19.4 Å². The molecule has 16 heavy (non-hydrogen) atoms. The third kappa shape index (κ3) is 1.99. The molecular formula is C12H19N3O. The van der Waals surface area contributed by atoms with E-state index >= 15 is 0 Å². The zero-order valence-electron chi connectivity index (χ0n) is 9.59. The van der Waals surface area contributed by atoms with Crippen LogP contribution in [0, 0.1) is 0 Å². The van der Waals surface area contributed by atoms with Crippen molar-refractivity contribution in [2.45, 2.75) is 44.8 Å². The molecule has 0 aliphatic carbocycles. The Balaban J connectivity index is 1.71. The summed E-state index contributed by atoms with van der Waals surface area (Å²) in [5.74, 6) is 0. The smallest absolute Gasteiger partial charge is 0.0753 e. The Morgan fingerprint density at radius 3 is 3.25 bits per heavy atom. The summed E-state index contributed by atoms with van der Waals surface area (Å²) in [5.41, 5.74) is 3.82. The topological polar surface area (TPSA) is 49.9 Å². The van der Waals surface area contributed by atoms with Gasteiger partial charge in [-0.25, -0.2) is 0 Å². The molecule has 1 fully saturated rings. The molecule has 0 aromatic carbocycles. The molecule has 1 aromatic rings. The van der Waals surface area contributed by atoms with Crippen molar-refractivity contribution >= 4 is 0 Å². The van der Waals surface area contributed by atoms with Gasteiger partial charge in [-0.2, -0.15) is 5.10 Å². The molecule has 2 aliphatic heterocycles. The van der Waals surface area contributed by atoms with Crippen molar-refractivity contribution in [3.05, 3.63) is 17.0 Å². The number of rotatable bonds is 2. The molecule has 1 unspecified atom stereocenters. The number of ether oxygens (including phenoxy) is 1. The van der Waals surface area contributed by atoms with Crippen molar-refractivity contribution in [1.82, 2.24) is 15.5 Å². The van der Waals surface area contributed by atoms with Crippen LogP contribution in [0.15, 0.2) is 0 Å². The predicted octanol–water partition coefficient (Wildman–Crippen LogP) is 1.17. The van der Waals surface area contributed by atoms with E-state index in [1.165, 1.54) is 36.2 Å². The van der Waals surface area contributed by atoms with Crippen LogP contribution in [0.5, 0.6) is 0 Å². The molecule has 4 heteroatoms. The van der Waals surface area contributed by atoms with Crippen LogP contribution in [0.2, 0.25) is 0 Å². The second kappa shape index (κ2) is 4.55. The lowest BCUT2D eigenvalue weighted by atomic mass is 9.98. The van der Waals surface area contributed by atoms with Crippen LogP contribution in [0.25, 0.3) is 0 Å². The van der Waals surface area contributed by atoms with Crippen LogP contribution < -0.4 is 5.32 Å². The van der Waals surface area contributed by atoms with E-state index < -0.39 is 0 Å². The minimum atomic E-state index is 0.614. The Labute approximate surface area is 95.8 Å². The maximum absolute atomic E-state index is 5.50. The number of hydrogen-bond acceptors (Lipinski definition) is 3. The summed E-state index contributed by atoms with van der Waals surface area (Å²) in [6.45, 7) is 2.73. The van der Waals surface area contributed by atoms with E-state index in [4.69, 9.17) is 4.74 Å². The summed E-state index contributed by atoms with van der Waals surface area (Å²) in [6, 6.07) is 0.614. The molecule has 0 radical (unpaired) electrons. The molecule has 0 saturated carbocycles. The van der Waals surface area contributed by atoms with Crippen molar-refractivity contribution in [3.63, 3.8) is 0 Å². The van der Waals surface area contributed by atoms with E-state index in [2.05, 4.69) is 15.5 Å². The highest BCUT2D eigenvalue weighted by Gasteiger charge is 2.21. The number of piperidine rings is 1. The standard InChI is InChI=1S/C12H19N3O/c1-2-5-13-9(3-1)7-12-10-8-16-6-4-11(10)14-15-12/h9,13H,1-8H2,(H,14,15). The van der Waals surface area contributed by atoms with Crippen LogP contribution in [0.1, 0.15) is 36.2 Å². The quantitative estimate of drug-likeness (QED) is 0.788. The molecule has 3 rings (SSSR count). The molecule has 1 atom stereocenters. The molecule has 2 aliphatic rings. The Morgan fingerprint density at radius 1 is 1.38 bits per heavy atom. The van der Waals surface area contributed by atoms with Crippen molar-refractivity contribution in [1.29, 1.82) is 0 Å². The van der Waals surface area contributed by atoms with Crippen LogP contribution in [-0.2, 0) is 24.2 Å². The van der Waals surface area contributed by atoms with E-state index in [0.29, 0.717) is 6.04 Å². The van der Waals surface area contributed by atoms with Gasteiger partial charge in [0.25, 0.3) is 0 Å². The predicted molar refractivity (Wildman–Crippen MR) is 61.3 cm³/mol. The lowest BCUT2D eigenvalue weighted by Crippen LogP contribution is -2.36. The first-order valence-electron chi connectivity index (χ1n) is 6.29. The molecule has 0 bridgehead atoms. The monoisotopic (exact) mass is 221 g/mol. The molecule has 4 nitrogen and oxygen atoms in total. The van der Waals surface area contributed by atoms with Crippen molar-refractivity contribution in [2.24, 2.45) is 0 Å². The molecule has 2 N–H and O–H groups in total. The summed E-state index contributed by atoms with van der Waals surface area (Å²) >= 11 is 0. The zero-order chi connectivity index (χ0) is 10.8. The largest absolute Gasteiger partial charge is 0.376 e. The third-order valence-electron chi connectivity index (χ3n) is 3.63. The van der Waals surface area contributed by atoms with Gasteiger partial charge in [0.1, 0.15) is 0 Å². The number of nitrogens with one attached hydrogen (secondary N) is 2. The fourth-order valence-corrected chi connectivity index (χ4v) is 2.67. The summed E-state index contributed by atoms with van der Waals surface area (Å²) < 4.78 is 5.50. The fraction of sp³-hybridized carbons (Fsp3) is 0.750. The van der Waals surface area contributed by atoms with Gasteiger partial charge < -0.3 is 10.1 Å². The molecule has 1 aromatic heterocycles. The second-order valence-corrected chi connectivity index (χ2v) is 4.78. The van der Waals surface area contributed by atoms with Crippen molar-refractivity contribution in [3.8, 4) is 0 Å². The molecule has 3 heterocycles. The number of nitrogens with zero attached hydrogens (tertiary/aromatic N) is 1. The average Bonchev–Trinajstić information content (AvgIpc) is 2.74. The first-order chi connectivity index (χ1) is 7.93. The minimum Gasteiger partial charge on any atom is -0.376 e. The van der Waals surface area contributed by atoms with Gasteiger partial charge in [0.2, 0.25) is 0 Å². The Bertz CT molecular complexity index is 355. The Kier molecular flexibility index (Phi) is 2.93.